The van der Waals surface area contributed by atoms with Gasteiger partial charge in [0.15, 0.2) is 12.4 Å². The summed E-state index contributed by atoms with van der Waals surface area (Å²) in [6.45, 7) is 2.03. The molecule has 2 N–H and O–H groups in total. The quantitative estimate of drug-likeness (QED) is 0.478. The van der Waals surface area contributed by atoms with Crippen LogP contribution >= 0.6 is 0 Å². The number of aryl methyl sites for hydroxylation is 1. The van der Waals surface area contributed by atoms with E-state index < -0.39 is 30.4 Å². The Bertz CT molecular complexity index is 1030. The van der Waals surface area contributed by atoms with Gasteiger partial charge in [-0.05, 0) is 42.2 Å². The molecule has 0 bridgehead atoms. The van der Waals surface area contributed by atoms with Crippen molar-refractivity contribution >= 4 is 17.8 Å². The highest BCUT2D eigenvalue weighted by atomic mass is 16.5. The van der Waals surface area contributed by atoms with Gasteiger partial charge in [-0.1, -0.05) is 54.6 Å². The Morgan fingerprint density at radius 2 is 1.72 bits per heavy atom. The van der Waals surface area contributed by atoms with Gasteiger partial charge in [0.2, 0.25) is 0 Å². The van der Waals surface area contributed by atoms with Crippen molar-refractivity contribution in [3.63, 3.8) is 0 Å². The van der Waals surface area contributed by atoms with Crippen LogP contribution in [0.3, 0.4) is 0 Å². The summed E-state index contributed by atoms with van der Waals surface area (Å²) in [6, 6.07) is 19.3. The number of hydrogen-bond acceptors (Lipinski definition) is 5. The lowest BCUT2D eigenvalue weighted by Gasteiger charge is -2.17. The molecular weight excluding hydrogens is 408 g/mol. The summed E-state index contributed by atoms with van der Waals surface area (Å²) in [6.07, 6.45) is 2.28. The molecule has 1 aromatic heterocycles. The first-order chi connectivity index (χ1) is 15.5. The molecule has 0 unspecified atom stereocenters. The third kappa shape index (κ3) is 6.84. The number of esters is 1. The van der Waals surface area contributed by atoms with E-state index in [-0.39, 0.29) is 12.2 Å². The van der Waals surface area contributed by atoms with Crippen molar-refractivity contribution in [1.29, 1.82) is 0 Å². The monoisotopic (exact) mass is 434 g/mol. The van der Waals surface area contributed by atoms with Gasteiger partial charge in [0.05, 0.1) is 6.26 Å². The average molecular weight is 434 g/mol. The van der Waals surface area contributed by atoms with E-state index in [1.807, 2.05) is 61.5 Å². The maximum absolute atomic E-state index is 12.6. The van der Waals surface area contributed by atoms with Crippen molar-refractivity contribution in [2.45, 2.75) is 25.8 Å². The van der Waals surface area contributed by atoms with Crippen molar-refractivity contribution in [2.75, 3.05) is 13.2 Å². The third-order valence-corrected chi connectivity index (χ3v) is 4.94. The first-order valence-corrected chi connectivity index (χ1v) is 10.4. The molecule has 0 saturated carbocycles. The SMILES string of the molecule is Cc1ccccc1CCNC(=O)COC(=O)[C@H](Cc1ccccc1)NC(=O)c1ccco1. The van der Waals surface area contributed by atoms with E-state index in [1.54, 1.807) is 6.07 Å². The fraction of sp³-hybridized carbons (Fsp3) is 0.240. The summed E-state index contributed by atoms with van der Waals surface area (Å²) < 4.78 is 10.3. The number of amides is 2. The van der Waals surface area contributed by atoms with Crippen LogP contribution in [0.1, 0.15) is 27.2 Å². The Hall–Kier alpha value is -3.87. The van der Waals surface area contributed by atoms with Crippen LogP contribution in [0.25, 0.3) is 0 Å². The third-order valence-electron chi connectivity index (χ3n) is 4.94. The minimum Gasteiger partial charge on any atom is -0.459 e. The van der Waals surface area contributed by atoms with E-state index in [9.17, 15) is 14.4 Å². The zero-order valence-electron chi connectivity index (χ0n) is 17.9. The van der Waals surface area contributed by atoms with Crippen molar-refractivity contribution in [1.82, 2.24) is 10.6 Å². The lowest BCUT2D eigenvalue weighted by atomic mass is 10.1. The molecule has 0 saturated heterocycles. The highest BCUT2D eigenvalue weighted by Crippen LogP contribution is 2.08. The zero-order valence-corrected chi connectivity index (χ0v) is 17.9. The van der Waals surface area contributed by atoms with Gasteiger partial charge >= 0.3 is 5.97 Å². The molecule has 7 nitrogen and oxygen atoms in total. The summed E-state index contributed by atoms with van der Waals surface area (Å²) in [5.74, 6) is -1.54. The Morgan fingerprint density at radius 3 is 2.44 bits per heavy atom. The molecule has 2 aromatic carbocycles. The van der Waals surface area contributed by atoms with Crippen molar-refractivity contribution in [3.05, 3.63) is 95.4 Å². The van der Waals surface area contributed by atoms with E-state index in [0.717, 1.165) is 16.7 Å². The molecule has 0 radical (unpaired) electrons. The second kappa shape index (κ2) is 11.5. The van der Waals surface area contributed by atoms with Gasteiger partial charge in [0.25, 0.3) is 11.8 Å². The van der Waals surface area contributed by atoms with Gasteiger partial charge in [-0.2, -0.15) is 0 Å². The molecular formula is C25H26N2O5. The van der Waals surface area contributed by atoms with Crippen LogP contribution in [0.15, 0.2) is 77.4 Å². The lowest BCUT2D eigenvalue weighted by Crippen LogP contribution is -2.44. The number of ether oxygens (including phenoxy) is 1. The molecule has 32 heavy (non-hydrogen) atoms. The maximum atomic E-state index is 12.6. The largest absolute Gasteiger partial charge is 0.459 e. The molecule has 0 aliphatic rings. The zero-order chi connectivity index (χ0) is 22.8. The van der Waals surface area contributed by atoms with Crippen LogP contribution < -0.4 is 10.6 Å². The molecule has 2 amide bonds. The predicted octanol–water partition coefficient (Wildman–Crippen LogP) is 2.83. The standard InChI is InChI=1S/C25H26N2O5/c1-18-8-5-6-11-20(18)13-14-26-23(28)17-32-25(30)21(16-19-9-3-2-4-10-19)27-24(29)22-12-7-15-31-22/h2-12,15,21H,13-14,16-17H2,1H3,(H,26,28)(H,27,29)/t21-/m0/s1. The summed E-state index contributed by atoms with van der Waals surface area (Å²) in [7, 11) is 0. The van der Waals surface area contributed by atoms with Gasteiger partial charge in [0, 0.05) is 13.0 Å². The molecule has 7 heteroatoms. The average Bonchev–Trinajstić information content (AvgIpc) is 3.34. The number of rotatable bonds is 10. The van der Waals surface area contributed by atoms with Gasteiger partial charge < -0.3 is 19.8 Å². The number of nitrogens with one attached hydrogen (secondary N) is 2. The second-order valence-electron chi connectivity index (χ2n) is 7.33. The van der Waals surface area contributed by atoms with Gasteiger partial charge in [0.1, 0.15) is 6.04 Å². The molecule has 3 rings (SSSR count). The van der Waals surface area contributed by atoms with Crippen LogP contribution in [0.2, 0.25) is 0 Å². The predicted molar refractivity (Wildman–Crippen MR) is 119 cm³/mol. The molecule has 0 fully saturated rings. The molecule has 0 aliphatic heterocycles. The molecule has 3 aromatic rings. The number of benzene rings is 2. The van der Waals surface area contributed by atoms with Crippen LogP contribution in [-0.2, 0) is 27.2 Å². The highest BCUT2D eigenvalue weighted by molar-refractivity contribution is 5.94. The maximum Gasteiger partial charge on any atom is 0.329 e. The first kappa shape index (κ1) is 22.8. The topological polar surface area (TPSA) is 97.6 Å². The van der Waals surface area contributed by atoms with Crippen molar-refractivity contribution in [2.24, 2.45) is 0 Å². The van der Waals surface area contributed by atoms with Gasteiger partial charge in [-0.25, -0.2) is 4.79 Å². The van der Waals surface area contributed by atoms with E-state index in [2.05, 4.69) is 10.6 Å². The summed E-state index contributed by atoms with van der Waals surface area (Å²) in [5.41, 5.74) is 3.15. The van der Waals surface area contributed by atoms with Crippen molar-refractivity contribution < 1.29 is 23.5 Å². The minimum atomic E-state index is -0.963. The van der Waals surface area contributed by atoms with Crippen LogP contribution in [0.5, 0.6) is 0 Å². The van der Waals surface area contributed by atoms with Gasteiger partial charge in [-0.15, -0.1) is 0 Å². The van der Waals surface area contributed by atoms with E-state index in [1.165, 1.54) is 12.3 Å². The summed E-state index contributed by atoms with van der Waals surface area (Å²) >= 11 is 0. The number of carbonyl (C=O) groups is 3. The van der Waals surface area contributed by atoms with Crippen LogP contribution in [-0.4, -0.2) is 37.0 Å². The first-order valence-electron chi connectivity index (χ1n) is 10.4. The second-order valence-corrected chi connectivity index (χ2v) is 7.33. The highest BCUT2D eigenvalue weighted by Gasteiger charge is 2.25. The van der Waals surface area contributed by atoms with E-state index in [0.29, 0.717) is 13.0 Å². The summed E-state index contributed by atoms with van der Waals surface area (Å²) in [4.78, 5) is 37.1. The summed E-state index contributed by atoms with van der Waals surface area (Å²) in [5, 5.41) is 5.37. The molecule has 0 spiro atoms. The fourth-order valence-corrected chi connectivity index (χ4v) is 3.20. The number of furan rings is 1. The van der Waals surface area contributed by atoms with Gasteiger partial charge in [-0.3, -0.25) is 9.59 Å². The van der Waals surface area contributed by atoms with Crippen molar-refractivity contribution in [3.8, 4) is 0 Å². The normalized spacial score (nSPS) is 11.4. The molecule has 0 aliphatic carbocycles. The van der Waals surface area contributed by atoms with E-state index in [4.69, 9.17) is 9.15 Å². The van der Waals surface area contributed by atoms with E-state index >= 15 is 0 Å². The van der Waals surface area contributed by atoms with Crippen LogP contribution in [0.4, 0.5) is 0 Å². The fourth-order valence-electron chi connectivity index (χ4n) is 3.20. The number of carbonyl (C=O) groups excluding carboxylic acids is 3. The Labute approximate surface area is 186 Å². The van der Waals surface area contributed by atoms with Crippen LogP contribution in [0, 0.1) is 6.92 Å². The molecule has 166 valence electrons. The smallest absolute Gasteiger partial charge is 0.329 e. The Kier molecular flexibility index (Phi) is 8.20. The molecule has 1 heterocycles. The lowest BCUT2D eigenvalue weighted by molar-refractivity contribution is -0.150. The minimum absolute atomic E-state index is 0.0878. The molecule has 1 atom stereocenters. The number of hydrogen-bond donors (Lipinski definition) is 2. The Balaban J connectivity index is 1.52. The Morgan fingerprint density at radius 1 is 0.969 bits per heavy atom.